The smallest absolute Gasteiger partial charge is 0.233 e. The molecule has 6 heteroatoms. The molecule has 140 valence electrons. The Balaban J connectivity index is 1.77. The number of ether oxygens (including phenoxy) is 2. The summed E-state index contributed by atoms with van der Waals surface area (Å²) in [6, 6.07) is 15.4. The fraction of sp³-hybridized carbons (Fsp3) is 0.238. The second-order valence-corrected chi connectivity index (χ2v) is 6.83. The summed E-state index contributed by atoms with van der Waals surface area (Å²) in [5, 5.41) is 5.44. The topological polar surface area (TPSA) is 60.5 Å². The molecule has 5 nitrogen and oxygen atoms in total. The lowest BCUT2D eigenvalue weighted by Gasteiger charge is -2.14. The van der Waals surface area contributed by atoms with Gasteiger partial charge in [-0.05, 0) is 30.2 Å². The average molecular weight is 382 g/mol. The molecule has 3 aromatic rings. The van der Waals surface area contributed by atoms with E-state index in [0.717, 1.165) is 23.2 Å². The first-order chi connectivity index (χ1) is 13.2. The molecule has 0 aliphatic rings. The minimum Gasteiger partial charge on any atom is -0.493 e. The van der Waals surface area contributed by atoms with Gasteiger partial charge in [-0.2, -0.15) is 0 Å². The van der Waals surface area contributed by atoms with Crippen LogP contribution in [0.25, 0.3) is 11.3 Å². The second-order valence-electron chi connectivity index (χ2n) is 5.97. The molecule has 0 bridgehead atoms. The molecule has 0 radical (unpaired) electrons. The van der Waals surface area contributed by atoms with Crippen molar-refractivity contribution in [2.75, 3.05) is 19.5 Å². The molecule has 1 atom stereocenters. The maximum Gasteiger partial charge on any atom is 0.233 e. The zero-order chi connectivity index (χ0) is 19.2. The molecule has 0 saturated carbocycles. The van der Waals surface area contributed by atoms with Gasteiger partial charge in [-0.3, -0.25) is 4.79 Å². The molecule has 2 aromatic carbocycles. The van der Waals surface area contributed by atoms with Gasteiger partial charge in [0.25, 0.3) is 0 Å². The third kappa shape index (κ3) is 4.28. The molecule has 0 saturated heterocycles. The van der Waals surface area contributed by atoms with Crippen LogP contribution in [-0.2, 0) is 4.79 Å². The third-order valence-electron chi connectivity index (χ3n) is 4.34. The number of amides is 1. The molecule has 1 heterocycles. The number of nitrogens with zero attached hydrogens (tertiary/aromatic N) is 1. The number of rotatable bonds is 7. The van der Waals surface area contributed by atoms with E-state index in [1.54, 1.807) is 14.2 Å². The highest BCUT2D eigenvalue weighted by molar-refractivity contribution is 7.14. The van der Waals surface area contributed by atoms with Gasteiger partial charge in [0.2, 0.25) is 5.91 Å². The maximum atomic E-state index is 12.7. The Bertz CT molecular complexity index is 909. The number of aromatic nitrogens is 1. The molecule has 1 aromatic heterocycles. The van der Waals surface area contributed by atoms with Crippen molar-refractivity contribution in [3.63, 3.8) is 0 Å². The predicted octanol–water partition coefficient (Wildman–Crippen LogP) is 4.96. The van der Waals surface area contributed by atoms with Gasteiger partial charge < -0.3 is 14.8 Å². The monoisotopic (exact) mass is 382 g/mol. The van der Waals surface area contributed by atoms with Crippen molar-refractivity contribution in [2.24, 2.45) is 0 Å². The van der Waals surface area contributed by atoms with E-state index in [4.69, 9.17) is 9.47 Å². The van der Waals surface area contributed by atoms with Crippen LogP contribution >= 0.6 is 11.3 Å². The van der Waals surface area contributed by atoms with Crippen molar-refractivity contribution >= 4 is 22.4 Å². The first-order valence-corrected chi connectivity index (χ1v) is 9.58. The minimum atomic E-state index is -0.195. The number of carbonyl (C=O) groups excluding carboxylic acids is 1. The van der Waals surface area contributed by atoms with Gasteiger partial charge in [0.05, 0.1) is 25.8 Å². The van der Waals surface area contributed by atoms with Gasteiger partial charge in [-0.25, -0.2) is 4.98 Å². The van der Waals surface area contributed by atoms with E-state index in [-0.39, 0.29) is 11.8 Å². The van der Waals surface area contributed by atoms with E-state index >= 15 is 0 Å². The normalized spacial score (nSPS) is 11.7. The Morgan fingerprint density at radius 3 is 2.52 bits per heavy atom. The van der Waals surface area contributed by atoms with Crippen LogP contribution in [0.3, 0.4) is 0 Å². The van der Waals surface area contributed by atoms with E-state index in [1.807, 2.05) is 60.8 Å². The number of anilines is 1. The standard InChI is InChI=1S/C21H22N2O3S/c1-4-16(14-8-6-5-7-9-14)20(24)23-21-22-17(13-27-21)15-10-11-18(25-2)19(12-15)26-3/h5-13,16H,4H2,1-3H3,(H,22,23,24). The highest BCUT2D eigenvalue weighted by Gasteiger charge is 2.20. The molecule has 0 aliphatic carbocycles. The van der Waals surface area contributed by atoms with Crippen molar-refractivity contribution < 1.29 is 14.3 Å². The molecule has 0 fully saturated rings. The molecular weight excluding hydrogens is 360 g/mol. The zero-order valence-corrected chi connectivity index (χ0v) is 16.4. The maximum absolute atomic E-state index is 12.7. The number of hydrogen-bond acceptors (Lipinski definition) is 5. The number of methoxy groups -OCH3 is 2. The number of thiazole rings is 1. The number of benzene rings is 2. The van der Waals surface area contributed by atoms with Gasteiger partial charge in [-0.15, -0.1) is 11.3 Å². The molecule has 1 N–H and O–H groups in total. The Morgan fingerprint density at radius 2 is 1.85 bits per heavy atom. The van der Waals surface area contributed by atoms with E-state index in [0.29, 0.717) is 16.6 Å². The van der Waals surface area contributed by atoms with Gasteiger partial charge in [0.15, 0.2) is 16.6 Å². The molecule has 1 unspecified atom stereocenters. The summed E-state index contributed by atoms with van der Waals surface area (Å²) in [7, 11) is 3.20. The van der Waals surface area contributed by atoms with Crippen LogP contribution in [-0.4, -0.2) is 25.1 Å². The van der Waals surface area contributed by atoms with Gasteiger partial charge >= 0.3 is 0 Å². The van der Waals surface area contributed by atoms with Crippen LogP contribution in [0.2, 0.25) is 0 Å². The Kier molecular flexibility index (Phi) is 6.08. The zero-order valence-electron chi connectivity index (χ0n) is 15.6. The quantitative estimate of drug-likeness (QED) is 0.627. The van der Waals surface area contributed by atoms with Crippen molar-refractivity contribution in [3.05, 3.63) is 59.5 Å². The predicted molar refractivity (Wildman–Crippen MR) is 109 cm³/mol. The SMILES string of the molecule is CCC(C(=O)Nc1nc(-c2ccc(OC)c(OC)c2)cs1)c1ccccc1. The molecule has 0 spiro atoms. The summed E-state index contributed by atoms with van der Waals surface area (Å²) < 4.78 is 10.6. The fourth-order valence-electron chi connectivity index (χ4n) is 2.91. The molecule has 1 amide bonds. The van der Waals surface area contributed by atoms with Crippen LogP contribution in [0.1, 0.15) is 24.8 Å². The van der Waals surface area contributed by atoms with Crippen molar-refractivity contribution in [1.29, 1.82) is 0 Å². The van der Waals surface area contributed by atoms with Gasteiger partial charge in [-0.1, -0.05) is 37.3 Å². The third-order valence-corrected chi connectivity index (χ3v) is 5.10. The number of nitrogens with one attached hydrogen (secondary N) is 1. The summed E-state index contributed by atoms with van der Waals surface area (Å²) in [6.45, 7) is 2.01. The van der Waals surface area contributed by atoms with Crippen molar-refractivity contribution in [2.45, 2.75) is 19.3 Å². The van der Waals surface area contributed by atoms with E-state index in [2.05, 4.69) is 10.3 Å². The second kappa shape index (κ2) is 8.68. The summed E-state index contributed by atoms with van der Waals surface area (Å²) in [5.74, 6) is 1.07. The average Bonchev–Trinajstić information content (AvgIpc) is 3.17. The largest absolute Gasteiger partial charge is 0.493 e. The molecule has 0 aliphatic heterocycles. The molecular formula is C21H22N2O3S. The van der Waals surface area contributed by atoms with Gasteiger partial charge in [0, 0.05) is 10.9 Å². The van der Waals surface area contributed by atoms with Crippen LogP contribution in [0.4, 0.5) is 5.13 Å². The lowest BCUT2D eigenvalue weighted by molar-refractivity contribution is -0.117. The van der Waals surface area contributed by atoms with Gasteiger partial charge in [0.1, 0.15) is 0 Å². The van der Waals surface area contributed by atoms with E-state index in [9.17, 15) is 4.79 Å². The molecule has 27 heavy (non-hydrogen) atoms. The Hall–Kier alpha value is -2.86. The Morgan fingerprint density at radius 1 is 1.11 bits per heavy atom. The molecule has 3 rings (SSSR count). The van der Waals surface area contributed by atoms with Crippen LogP contribution in [0.5, 0.6) is 11.5 Å². The van der Waals surface area contributed by atoms with E-state index in [1.165, 1.54) is 11.3 Å². The summed E-state index contributed by atoms with van der Waals surface area (Å²) in [6.07, 6.45) is 0.726. The first-order valence-electron chi connectivity index (χ1n) is 8.70. The minimum absolute atomic E-state index is 0.0445. The first kappa shape index (κ1) is 18.9. The van der Waals surface area contributed by atoms with Crippen LogP contribution < -0.4 is 14.8 Å². The highest BCUT2D eigenvalue weighted by Crippen LogP contribution is 2.33. The summed E-state index contributed by atoms with van der Waals surface area (Å²) in [5.41, 5.74) is 2.69. The Labute approximate surface area is 163 Å². The van der Waals surface area contributed by atoms with E-state index < -0.39 is 0 Å². The lowest BCUT2D eigenvalue weighted by Crippen LogP contribution is -2.20. The fourth-order valence-corrected chi connectivity index (χ4v) is 3.63. The number of carbonyl (C=O) groups is 1. The number of hydrogen-bond donors (Lipinski definition) is 1. The van der Waals surface area contributed by atoms with Crippen LogP contribution in [0.15, 0.2) is 53.9 Å². The van der Waals surface area contributed by atoms with Crippen LogP contribution in [0, 0.1) is 0 Å². The van der Waals surface area contributed by atoms with Crippen molar-refractivity contribution in [3.8, 4) is 22.8 Å². The van der Waals surface area contributed by atoms with Crippen molar-refractivity contribution in [1.82, 2.24) is 4.98 Å². The highest BCUT2D eigenvalue weighted by atomic mass is 32.1. The summed E-state index contributed by atoms with van der Waals surface area (Å²) >= 11 is 1.40. The summed E-state index contributed by atoms with van der Waals surface area (Å²) in [4.78, 5) is 17.2. The lowest BCUT2D eigenvalue weighted by atomic mass is 9.96.